The van der Waals surface area contributed by atoms with Crippen molar-refractivity contribution in [1.29, 1.82) is 0 Å². The van der Waals surface area contributed by atoms with Crippen molar-refractivity contribution in [3.63, 3.8) is 0 Å². The van der Waals surface area contributed by atoms with Gasteiger partial charge in [0.1, 0.15) is 11.6 Å². The Morgan fingerprint density at radius 2 is 1.76 bits per heavy atom. The number of ether oxygens (including phenoxy) is 1. The third-order valence-corrected chi connectivity index (χ3v) is 5.83. The van der Waals surface area contributed by atoms with E-state index in [0.717, 1.165) is 28.3 Å². The van der Waals surface area contributed by atoms with Gasteiger partial charge in [-0.25, -0.2) is 9.18 Å². The molecule has 1 aliphatic heterocycles. The van der Waals surface area contributed by atoms with E-state index < -0.39 is 6.04 Å². The van der Waals surface area contributed by atoms with E-state index in [0.29, 0.717) is 18.8 Å². The van der Waals surface area contributed by atoms with Gasteiger partial charge < -0.3 is 19.5 Å². The van der Waals surface area contributed by atoms with Crippen LogP contribution in [0.15, 0.2) is 91.1 Å². The molecule has 1 aliphatic rings. The topological polar surface area (TPSA) is 46.5 Å². The Hall–Kier alpha value is -4.06. The Labute approximate surface area is 192 Å². The first-order valence-corrected chi connectivity index (χ1v) is 11.0. The van der Waals surface area contributed by atoms with E-state index in [1.165, 1.54) is 12.1 Å². The fourth-order valence-corrected chi connectivity index (χ4v) is 4.33. The summed E-state index contributed by atoms with van der Waals surface area (Å²) in [5.74, 6) is 0.442. The number of aromatic nitrogens is 1. The van der Waals surface area contributed by atoms with Gasteiger partial charge in [-0.2, -0.15) is 0 Å². The molecule has 2 amide bonds. The SMILES string of the molecule is CCOc1ccc(NC(=O)N2Cc3ccccc3-n3cccc3C2c2ccc(F)cc2)cc1. The van der Waals surface area contributed by atoms with Crippen molar-refractivity contribution in [2.45, 2.75) is 19.5 Å². The largest absolute Gasteiger partial charge is 0.494 e. The zero-order chi connectivity index (χ0) is 22.8. The maximum Gasteiger partial charge on any atom is 0.322 e. The van der Waals surface area contributed by atoms with Crippen LogP contribution in [0.5, 0.6) is 5.75 Å². The Bertz CT molecular complexity index is 1270. The average molecular weight is 442 g/mol. The summed E-state index contributed by atoms with van der Waals surface area (Å²) in [6, 6.07) is 25.1. The molecule has 1 N–H and O–H groups in total. The minimum absolute atomic E-state index is 0.238. The van der Waals surface area contributed by atoms with Crippen molar-refractivity contribution in [3.8, 4) is 11.4 Å². The number of para-hydroxylation sites is 1. The summed E-state index contributed by atoms with van der Waals surface area (Å²) >= 11 is 0. The maximum absolute atomic E-state index is 13.7. The van der Waals surface area contributed by atoms with Gasteiger partial charge in [0.2, 0.25) is 0 Å². The predicted octanol–water partition coefficient (Wildman–Crippen LogP) is 6.15. The van der Waals surface area contributed by atoms with Crippen LogP contribution >= 0.6 is 0 Å². The van der Waals surface area contributed by atoms with Crippen LogP contribution in [0.1, 0.15) is 29.8 Å². The monoisotopic (exact) mass is 441 g/mol. The third-order valence-electron chi connectivity index (χ3n) is 5.83. The Kier molecular flexibility index (Phi) is 5.57. The molecule has 166 valence electrons. The first-order valence-electron chi connectivity index (χ1n) is 11.0. The lowest BCUT2D eigenvalue weighted by Gasteiger charge is -2.31. The fraction of sp³-hybridized carbons (Fsp3) is 0.148. The molecule has 0 aliphatic carbocycles. The second kappa shape index (κ2) is 8.82. The summed E-state index contributed by atoms with van der Waals surface area (Å²) in [5, 5.41) is 3.02. The van der Waals surface area contributed by atoms with Gasteiger partial charge in [0, 0.05) is 17.6 Å². The third kappa shape index (κ3) is 4.07. The highest BCUT2D eigenvalue weighted by atomic mass is 19.1. The molecule has 0 spiro atoms. The van der Waals surface area contributed by atoms with E-state index in [9.17, 15) is 9.18 Å². The molecule has 0 saturated heterocycles. The van der Waals surface area contributed by atoms with Crippen molar-refractivity contribution in [2.75, 3.05) is 11.9 Å². The fourth-order valence-electron chi connectivity index (χ4n) is 4.33. The molecule has 3 aromatic carbocycles. The van der Waals surface area contributed by atoms with Crippen LogP contribution < -0.4 is 10.1 Å². The molecule has 1 atom stereocenters. The standard InChI is InChI=1S/C27H24FN3O2/c1-2-33-23-15-13-22(14-16-23)29-27(32)31-18-20-6-3-4-7-24(20)30-17-5-8-25(30)26(31)19-9-11-21(28)12-10-19/h3-17,26H,2,18H2,1H3,(H,29,32). The smallest absolute Gasteiger partial charge is 0.322 e. The van der Waals surface area contributed by atoms with E-state index in [1.54, 1.807) is 17.0 Å². The molecule has 5 nitrogen and oxygen atoms in total. The van der Waals surface area contributed by atoms with Gasteiger partial charge in [0.25, 0.3) is 0 Å². The zero-order valence-corrected chi connectivity index (χ0v) is 18.2. The number of carbonyl (C=O) groups is 1. The number of rotatable bonds is 4. The predicted molar refractivity (Wildman–Crippen MR) is 126 cm³/mol. The highest BCUT2D eigenvalue weighted by Gasteiger charge is 2.33. The molecule has 0 fully saturated rings. The Morgan fingerprint density at radius 1 is 1.00 bits per heavy atom. The molecule has 1 unspecified atom stereocenters. The summed E-state index contributed by atoms with van der Waals surface area (Å²) in [6.45, 7) is 2.92. The summed E-state index contributed by atoms with van der Waals surface area (Å²) in [4.78, 5) is 15.4. The number of hydrogen-bond acceptors (Lipinski definition) is 2. The summed E-state index contributed by atoms with van der Waals surface area (Å²) < 4.78 is 21.3. The molecule has 33 heavy (non-hydrogen) atoms. The van der Waals surface area contributed by atoms with E-state index >= 15 is 0 Å². The van der Waals surface area contributed by atoms with E-state index in [2.05, 4.69) is 16.0 Å². The lowest BCUT2D eigenvalue weighted by molar-refractivity contribution is 0.194. The molecule has 5 rings (SSSR count). The van der Waals surface area contributed by atoms with Crippen molar-refractivity contribution in [2.24, 2.45) is 0 Å². The van der Waals surface area contributed by atoms with Crippen LogP contribution in [-0.2, 0) is 6.54 Å². The molecule has 2 heterocycles. The number of nitrogens with one attached hydrogen (secondary N) is 1. The van der Waals surface area contributed by atoms with Crippen LogP contribution in [0.3, 0.4) is 0 Å². The Balaban J connectivity index is 1.55. The van der Waals surface area contributed by atoms with Gasteiger partial charge in [-0.05, 0) is 72.6 Å². The van der Waals surface area contributed by atoms with Gasteiger partial charge in [0.05, 0.1) is 24.9 Å². The van der Waals surface area contributed by atoms with Crippen LogP contribution in [0, 0.1) is 5.82 Å². The van der Waals surface area contributed by atoms with Crippen LogP contribution in [0.4, 0.5) is 14.9 Å². The van der Waals surface area contributed by atoms with Gasteiger partial charge >= 0.3 is 6.03 Å². The molecule has 4 aromatic rings. The maximum atomic E-state index is 13.7. The van der Waals surface area contributed by atoms with Gasteiger partial charge in [-0.3, -0.25) is 0 Å². The highest BCUT2D eigenvalue weighted by molar-refractivity contribution is 5.90. The number of carbonyl (C=O) groups excluding carboxylic acids is 1. The van der Waals surface area contributed by atoms with Crippen LogP contribution in [-0.4, -0.2) is 22.1 Å². The lowest BCUT2D eigenvalue weighted by Crippen LogP contribution is -2.37. The second-order valence-corrected chi connectivity index (χ2v) is 7.90. The molecule has 0 bridgehead atoms. The van der Waals surface area contributed by atoms with Crippen LogP contribution in [0.25, 0.3) is 5.69 Å². The average Bonchev–Trinajstić information content (AvgIpc) is 3.26. The second-order valence-electron chi connectivity index (χ2n) is 7.90. The number of benzene rings is 3. The first-order chi connectivity index (χ1) is 16.1. The van der Waals surface area contributed by atoms with Crippen molar-refractivity contribution < 1.29 is 13.9 Å². The highest BCUT2D eigenvalue weighted by Crippen LogP contribution is 2.37. The van der Waals surface area contributed by atoms with E-state index in [1.807, 2.05) is 67.7 Å². The number of fused-ring (bicyclic) bond motifs is 3. The van der Waals surface area contributed by atoms with Crippen LogP contribution in [0.2, 0.25) is 0 Å². The normalized spacial score (nSPS) is 14.7. The summed E-state index contributed by atoms with van der Waals surface area (Å²) in [6.07, 6.45) is 2.00. The molecular formula is C27H24FN3O2. The Morgan fingerprint density at radius 3 is 2.52 bits per heavy atom. The number of amides is 2. The minimum Gasteiger partial charge on any atom is -0.494 e. The van der Waals surface area contributed by atoms with E-state index in [-0.39, 0.29) is 11.8 Å². The summed E-state index contributed by atoms with van der Waals surface area (Å²) in [7, 11) is 0. The molecule has 6 heteroatoms. The van der Waals surface area contributed by atoms with Gasteiger partial charge in [0.15, 0.2) is 0 Å². The number of nitrogens with zero attached hydrogens (tertiary/aromatic N) is 2. The quantitative estimate of drug-likeness (QED) is 0.413. The zero-order valence-electron chi connectivity index (χ0n) is 18.2. The lowest BCUT2D eigenvalue weighted by atomic mass is 10.0. The van der Waals surface area contributed by atoms with Crippen molar-refractivity contribution >= 4 is 11.7 Å². The number of halogens is 1. The van der Waals surface area contributed by atoms with E-state index in [4.69, 9.17) is 4.74 Å². The minimum atomic E-state index is -0.393. The number of urea groups is 1. The first kappa shape index (κ1) is 20.8. The molecule has 0 saturated carbocycles. The molecule has 1 aromatic heterocycles. The number of anilines is 1. The molecule has 0 radical (unpaired) electrons. The molecular weight excluding hydrogens is 417 g/mol. The van der Waals surface area contributed by atoms with Gasteiger partial charge in [-0.15, -0.1) is 0 Å². The van der Waals surface area contributed by atoms with Gasteiger partial charge in [-0.1, -0.05) is 30.3 Å². The summed E-state index contributed by atoms with van der Waals surface area (Å²) in [5.41, 5.74) is 4.51. The van der Waals surface area contributed by atoms with Crippen molar-refractivity contribution in [3.05, 3.63) is 114 Å². The van der Waals surface area contributed by atoms with Crippen molar-refractivity contribution in [1.82, 2.24) is 9.47 Å². The number of hydrogen-bond donors (Lipinski definition) is 1.